The van der Waals surface area contributed by atoms with Crippen LogP contribution in [0.3, 0.4) is 0 Å². The zero-order chi connectivity index (χ0) is 18.6. The molecule has 0 aliphatic carbocycles. The summed E-state index contributed by atoms with van der Waals surface area (Å²) in [5, 5.41) is 8.59. The van der Waals surface area contributed by atoms with Gasteiger partial charge in [-0.25, -0.2) is 13.6 Å². The minimum atomic E-state index is -1.11. The smallest absolute Gasteiger partial charge is 0.328 e. The van der Waals surface area contributed by atoms with E-state index in [9.17, 15) is 18.4 Å². The molecule has 2 rings (SSSR count). The first kappa shape index (κ1) is 18.9. The number of aromatic nitrogens is 1. The predicted molar refractivity (Wildman–Crippen MR) is 90.6 cm³/mol. The van der Waals surface area contributed by atoms with Crippen molar-refractivity contribution in [2.24, 2.45) is 0 Å². The molecule has 1 heterocycles. The number of allylic oxidation sites excluding steroid dienone is 1. The molecule has 1 N–H and O–H groups in total. The lowest BCUT2D eigenvalue weighted by atomic mass is 10.2. The van der Waals surface area contributed by atoms with Crippen molar-refractivity contribution < 1.29 is 23.4 Å². The molecule has 0 aliphatic rings. The van der Waals surface area contributed by atoms with Gasteiger partial charge in [0.1, 0.15) is 28.5 Å². The number of carbonyl (C=O) groups is 1. The fraction of sp³-hybridized carbons (Fsp3) is 0.176. The van der Waals surface area contributed by atoms with Crippen LogP contribution < -0.4 is 10.3 Å². The second kappa shape index (κ2) is 8.06. The Kier molecular flexibility index (Phi) is 6.08. The Bertz CT molecular complexity index is 893. The van der Waals surface area contributed by atoms with Gasteiger partial charge < -0.3 is 14.4 Å². The van der Waals surface area contributed by atoms with Gasteiger partial charge in [-0.2, -0.15) is 0 Å². The molecule has 0 amide bonds. The van der Waals surface area contributed by atoms with Crippen LogP contribution in [0.25, 0.3) is 0 Å². The summed E-state index contributed by atoms with van der Waals surface area (Å²) >= 11 is 3.14. The number of aliphatic carboxylic acids is 1. The molecule has 0 radical (unpaired) electrons. The summed E-state index contributed by atoms with van der Waals surface area (Å²) in [7, 11) is 0. The van der Waals surface area contributed by atoms with Gasteiger partial charge in [0, 0.05) is 36.0 Å². The van der Waals surface area contributed by atoms with Crippen molar-refractivity contribution in [2.45, 2.75) is 20.1 Å². The van der Waals surface area contributed by atoms with Gasteiger partial charge in [0.15, 0.2) is 0 Å². The average Bonchev–Trinajstić information content (AvgIpc) is 2.54. The number of rotatable bonds is 6. The van der Waals surface area contributed by atoms with Gasteiger partial charge in [-0.3, -0.25) is 4.79 Å². The lowest BCUT2D eigenvalue weighted by molar-refractivity contribution is -0.131. The molecule has 25 heavy (non-hydrogen) atoms. The third-order valence-electron chi connectivity index (χ3n) is 3.36. The Balaban J connectivity index is 2.22. The van der Waals surface area contributed by atoms with Crippen LogP contribution in [-0.2, 0) is 17.9 Å². The Morgan fingerprint density at radius 2 is 2.08 bits per heavy atom. The molecule has 8 heteroatoms. The van der Waals surface area contributed by atoms with E-state index in [1.807, 2.05) is 0 Å². The summed E-state index contributed by atoms with van der Waals surface area (Å²) in [5.41, 5.74) is 0.280. The summed E-state index contributed by atoms with van der Waals surface area (Å²) in [6, 6.07) is 4.71. The Labute approximate surface area is 150 Å². The monoisotopic (exact) mass is 413 g/mol. The van der Waals surface area contributed by atoms with E-state index in [0.717, 1.165) is 18.2 Å². The van der Waals surface area contributed by atoms with Crippen LogP contribution in [-0.4, -0.2) is 15.6 Å². The summed E-state index contributed by atoms with van der Waals surface area (Å²) < 4.78 is 33.5. The van der Waals surface area contributed by atoms with Crippen LogP contribution in [0.4, 0.5) is 8.78 Å². The predicted octanol–water partition coefficient (Wildman–Crippen LogP) is 3.42. The molecule has 0 saturated heterocycles. The summed E-state index contributed by atoms with van der Waals surface area (Å²) in [5.74, 6) is -2.31. The van der Waals surface area contributed by atoms with E-state index in [0.29, 0.717) is 5.69 Å². The number of aryl methyl sites for hydroxylation is 1. The number of hydrogen-bond donors (Lipinski definition) is 1. The highest BCUT2D eigenvalue weighted by Gasteiger charge is 2.13. The van der Waals surface area contributed by atoms with Crippen molar-refractivity contribution in [1.29, 1.82) is 0 Å². The van der Waals surface area contributed by atoms with E-state index in [2.05, 4.69) is 15.9 Å². The molecule has 0 fully saturated rings. The number of benzene rings is 1. The topological polar surface area (TPSA) is 68.5 Å². The van der Waals surface area contributed by atoms with Crippen LogP contribution in [0.5, 0.6) is 5.75 Å². The van der Waals surface area contributed by atoms with Gasteiger partial charge in [0.05, 0.1) is 0 Å². The van der Waals surface area contributed by atoms with Crippen molar-refractivity contribution in [1.82, 2.24) is 4.57 Å². The van der Waals surface area contributed by atoms with Crippen molar-refractivity contribution in [3.63, 3.8) is 0 Å². The summed E-state index contributed by atoms with van der Waals surface area (Å²) in [6.45, 7) is 1.57. The minimum absolute atomic E-state index is 0.0858. The minimum Gasteiger partial charge on any atom is -0.487 e. The van der Waals surface area contributed by atoms with Crippen LogP contribution in [0.2, 0.25) is 0 Å². The van der Waals surface area contributed by atoms with E-state index >= 15 is 0 Å². The zero-order valence-corrected chi connectivity index (χ0v) is 14.7. The summed E-state index contributed by atoms with van der Waals surface area (Å²) in [4.78, 5) is 22.8. The molecule has 0 unspecified atom stereocenters. The van der Waals surface area contributed by atoms with Gasteiger partial charge in [0.25, 0.3) is 5.56 Å². The first-order valence-corrected chi connectivity index (χ1v) is 7.95. The van der Waals surface area contributed by atoms with E-state index in [1.165, 1.54) is 16.7 Å². The van der Waals surface area contributed by atoms with E-state index in [1.54, 1.807) is 13.0 Å². The van der Waals surface area contributed by atoms with E-state index < -0.39 is 23.2 Å². The van der Waals surface area contributed by atoms with Crippen LogP contribution in [0.1, 0.15) is 11.3 Å². The van der Waals surface area contributed by atoms with Crippen LogP contribution in [0.15, 0.2) is 45.7 Å². The maximum atomic E-state index is 13.6. The van der Waals surface area contributed by atoms with Gasteiger partial charge in [-0.05, 0) is 35.0 Å². The highest BCUT2D eigenvalue weighted by molar-refractivity contribution is 9.10. The molecule has 1 aromatic heterocycles. The van der Waals surface area contributed by atoms with Crippen molar-refractivity contribution in [3.8, 4) is 5.75 Å². The van der Waals surface area contributed by atoms with Crippen LogP contribution in [0, 0.1) is 18.6 Å². The molecule has 5 nitrogen and oxygen atoms in total. The molecule has 1 aromatic carbocycles. The maximum absolute atomic E-state index is 13.6. The SMILES string of the molecule is Cc1cc(OCc2ccc(F)cc2F)c(Br)c(=O)n1CC=CC(=O)O. The zero-order valence-electron chi connectivity index (χ0n) is 13.1. The molecular weight excluding hydrogens is 400 g/mol. The van der Waals surface area contributed by atoms with Gasteiger partial charge in [0.2, 0.25) is 0 Å². The number of carboxylic acids is 1. The largest absolute Gasteiger partial charge is 0.487 e. The van der Waals surface area contributed by atoms with Crippen molar-refractivity contribution in [2.75, 3.05) is 0 Å². The van der Waals surface area contributed by atoms with Gasteiger partial charge >= 0.3 is 5.97 Å². The van der Waals surface area contributed by atoms with Crippen molar-refractivity contribution >= 4 is 21.9 Å². The Morgan fingerprint density at radius 3 is 2.72 bits per heavy atom. The Hall–Kier alpha value is -2.48. The lowest BCUT2D eigenvalue weighted by Crippen LogP contribution is -2.23. The standard InChI is InChI=1S/C17H14BrF2NO4/c1-10-7-14(25-9-11-4-5-12(19)8-13(11)20)16(18)17(24)21(10)6-2-3-15(22)23/h2-5,7-8H,6,9H2,1H3,(H,22,23). The number of carboxylic acid groups (broad SMARTS) is 1. The normalized spacial score (nSPS) is 11.0. The summed E-state index contributed by atoms with van der Waals surface area (Å²) in [6.07, 6.45) is 2.29. The average molecular weight is 414 g/mol. The molecule has 132 valence electrons. The second-order valence-corrected chi connectivity index (χ2v) is 5.94. The molecule has 0 saturated carbocycles. The lowest BCUT2D eigenvalue weighted by Gasteiger charge is -2.13. The third kappa shape index (κ3) is 4.76. The maximum Gasteiger partial charge on any atom is 0.328 e. The molecule has 2 aromatic rings. The molecule has 0 atom stereocenters. The quantitative estimate of drug-likeness (QED) is 0.736. The highest BCUT2D eigenvalue weighted by atomic mass is 79.9. The fourth-order valence-electron chi connectivity index (χ4n) is 2.10. The van der Waals surface area contributed by atoms with Gasteiger partial charge in [-0.15, -0.1) is 0 Å². The highest BCUT2D eigenvalue weighted by Crippen LogP contribution is 2.24. The molecule has 0 aliphatic heterocycles. The van der Waals surface area contributed by atoms with E-state index in [-0.39, 0.29) is 28.9 Å². The van der Waals surface area contributed by atoms with Crippen LogP contribution >= 0.6 is 15.9 Å². The van der Waals surface area contributed by atoms with Crippen molar-refractivity contribution in [3.05, 3.63) is 74.1 Å². The second-order valence-electron chi connectivity index (χ2n) is 5.14. The number of halogens is 3. The number of hydrogen-bond acceptors (Lipinski definition) is 3. The molecule has 0 spiro atoms. The number of ether oxygens (including phenoxy) is 1. The number of nitrogens with zero attached hydrogens (tertiary/aromatic N) is 1. The fourth-order valence-corrected chi connectivity index (χ4v) is 2.54. The van der Waals surface area contributed by atoms with E-state index in [4.69, 9.17) is 9.84 Å². The third-order valence-corrected chi connectivity index (χ3v) is 4.09. The molecule has 0 bridgehead atoms. The first-order chi connectivity index (χ1) is 11.8. The first-order valence-electron chi connectivity index (χ1n) is 7.15. The molecular formula is C17H14BrF2NO4. The Morgan fingerprint density at radius 1 is 1.36 bits per heavy atom. The van der Waals surface area contributed by atoms with Gasteiger partial charge in [-0.1, -0.05) is 6.08 Å². The number of pyridine rings is 1.